The van der Waals surface area contributed by atoms with E-state index in [1.54, 1.807) is 36.4 Å². The molecule has 0 saturated carbocycles. The Balaban J connectivity index is 1.55. The van der Waals surface area contributed by atoms with Gasteiger partial charge in [-0.3, -0.25) is 0 Å². The maximum absolute atomic E-state index is 12.0. The molecule has 4 N–H and O–H groups in total. The van der Waals surface area contributed by atoms with Crippen molar-refractivity contribution >= 4 is 43.1 Å². The number of sulfonamides is 2. The van der Waals surface area contributed by atoms with E-state index in [1.807, 2.05) is 0 Å². The molecule has 0 spiro atoms. The maximum Gasteiger partial charge on any atom is 0.241 e. The molecule has 4 rings (SSSR count). The molecule has 0 bridgehead atoms. The van der Waals surface area contributed by atoms with E-state index in [9.17, 15) is 16.8 Å². The second-order valence-electron chi connectivity index (χ2n) is 6.42. The van der Waals surface area contributed by atoms with E-state index in [4.69, 9.17) is 0 Å². The van der Waals surface area contributed by atoms with Crippen LogP contribution in [0.4, 0.5) is 23.0 Å². The smallest absolute Gasteiger partial charge is 0.241 e. The number of benzene rings is 2. The third-order valence-corrected chi connectivity index (χ3v) is 7.33. The fourth-order valence-electron chi connectivity index (χ4n) is 2.93. The molecule has 2 heterocycles. The average molecular weight is 447 g/mol. The molecule has 0 saturated heterocycles. The molecule has 10 nitrogen and oxygen atoms in total. The lowest BCUT2D eigenvalue weighted by atomic mass is 10.2. The van der Waals surface area contributed by atoms with Crippen molar-refractivity contribution in [2.24, 2.45) is 0 Å². The number of fused-ring (bicyclic) bond motifs is 1. The summed E-state index contributed by atoms with van der Waals surface area (Å²) in [4.78, 5) is 8.64. The first-order chi connectivity index (χ1) is 14.3. The molecule has 156 valence electrons. The molecule has 3 aromatic rings. The largest absolute Gasteiger partial charge is 0.340 e. The molecule has 0 fully saturated rings. The quantitative estimate of drug-likeness (QED) is 0.448. The molecule has 1 aromatic heterocycles. The number of nitrogens with zero attached hydrogens (tertiary/aromatic N) is 2. The van der Waals surface area contributed by atoms with Crippen molar-refractivity contribution in [3.05, 3.63) is 60.4 Å². The van der Waals surface area contributed by atoms with E-state index in [-0.39, 0.29) is 16.3 Å². The van der Waals surface area contributed by atoms with E-state index in [0.29, 0.717) is 28.6 Å². The van der Waals surface area contributed by atoms with Crippen LogP contribution in [0, 0.1) is 0 Å². The van der Waals surface area contributed by atoms with Gasteiger partial charge in [-0.1, -0.05) is 12.1 Å². The zero-order valence-electron chi connectivity index (χ0n) is 15.7. The Morgan fingerprint density at radius 3 is 2.37 bits per heavy atom. The van der Waals surface area contributed by atoms with E-state index >= 15 is 0 Å². The standard InChI is InChI=1S/C18H18N6O4S2/c1-19-29(25,26)15-4-2-3-13(7-15)23-17-9-18(21-11-20-17)24-14-6-5-12-10-22-30(27,28)16(12)8-14/h2-9,11,19,22H,10H2,1H3,(H2,20,21,23,24). The van der Waals surface area contributed by atoms with E-state index < -0.39 is 20.0 Å². The zero-order chi connectivity index (χ0) is 21.4. The Bertz CT molecular complexity index is 1330. The molecule has 0 aliphatic carbocycles. The minimum Gasteiger partial charge on any atom is -0.340 e. The summed E-state index contributed by atoms with van der Waals surface area (Å²) < 4.78 is 52.7. The summed E-state index contributed by atoms with van der Waals surface area (Å²) in [5.41, 5.74) is 1.81. The number of hydrogen-bond donors (Lipinski definition) is 4. The second kappa shape index (κ2) is 7.65. The highest BCUT2D eigenvalue weighted by Crippen LogP contribution is 2.27. The van der Waals surface area contributed by atoms with Gasteiger partial charge in [-0.05, 0) is 42.9 Å². The molecule has 0 atom stereocenters. The van der Waals surface area contributed by atoms with E-state index in [0.717, 1.165) is 0 Å². The molecule has 0 radical (unpaired) electrons. The van der Waals surface area contributed by atoms with Crippen LogP contribution < -0.4 is 20.1 Å². The predicted octanol–water partition coefficient (Wildman–Crippen LogP) is 1.66. The first-order valence-corrected chi connectivity index (χ1v) is 11.8. The van der Waals surface area contributed by atoms with Gasteiger partial charge >= 0.3 is 0 Å². The normalized spacial score (nSPS) is 14.8. The van der Waals surface area contributed by atoms with Crippen molar-refractivity contribution in [1.82, 2.24) is 19.4 Å². The van der Waals surface area contributed by atoms with Crippen molar-refractivity contribution in [2.75, 3.05) is 17.7 Å². The third kappa shape index (κ3) is 4.11. The molecule has 1 aliphatic heterocycles. The highest BCUT2D eigenvalue weighted by Gasteiger charge is 2.25. The fourth-order valence-corrected chi connectivity index (χ4v) is 4.97. The van der Waals surface area contributed by atoms with Crippen LogP contribution in [0.3, 0.4) is 0 Å². The Morgan fingerprint density at radius 2 is 1.67 bits per heavy atom. The van der Waals surface area contributed by atoms with Gasteiger partial charge in [0.15, 0.2) is 0 Å². The lowest BCUT2D eigenvalue weighted by Gasteiger charge is -2.10. The topological polar surface area (TPSA) is 142 Å². The molecule has 1 aliphatic rings. The van der Waals surface area contributed by atoms with Crippen LogP contribution in [0.15, 0.2) is 64.6 Å². The number of nitrogens with one attached hydrogen (secondary N) is 4. The first-order valence-electron chi connectivity index (χ1n) is 8.79. The summed E-state index contributed by atoms with van der Waals surface area (Å²) in [6.07, 6.45) is 1.34. The Kier molecular flexibility index (Phi) is 5.15. The average Bonchev–Trinajstić information content (AvgIpc) is 3.03. The summed E-state index contributed by atoms with van der Waals surface area (Å²) in [5.74, 6) is 0.872. The monoisotopic (exact) mass is 446 g/mol. The van der Waals surface area contributed by atoms with Gasteiger partial charge in [-0.15, -0.1) is 0 Å². The van der Waals surface area contributed by atoms with Crippen LogP contribution in [0.5, 0.6) is 0 Å². The predicted molar refractivity (Wildman–Crippen MR) is 112 cm³/mol. The SMILES string of the molecule is CNS(=O)(=O)c1cccc(Nc2cc(Nc3ccc4c(c3)S(=O)(=O)NC4)ncn2)c1. The summed E-state index contributed by atoms with van der Waals surface area (Å²) in [6.45, 7) is 0.280. The third-order valence-electron chi connectivity index (χ3n) is 4.43. The molecule has 12 heteroatoms. The van der Waals surface area contributed by atoms with Gasteiger partial charge in [0.25, 0.3) is 0 Å². The van der Waals surface area contributed by atoms with Crippen LogP contribution in [0.2, 0.25) is 0 Å². The Hall–Kier alpha value is -3.06. The van der Waals surface area contributed by atoms with Gasteiger partial charge in [-0.25, -0.2) is 36.2 Å². The molecule has 30 heavy (non-hydrogen) atoms. The maximum atomic E-state index is 12.0. The van der Waals surface area contributed by atoms with Crippen molar-refractivity contribution in [3.8, 4) is 0 Å². The van der Waals surface area contributed by atoms with Gasteiger partial charge in [-0.2, -0.15) is 0 Å². The second-order valence-corrected chi connectivity index (χ2v) is 10.0. The highest BCUT2D eigenvalue weighted by molar-refractivity contribution is 7.90. The molecule has 0 amide bonds. The van der Waals surface area contributed by atoms with Crippen molar-refractivity contribution < 1.29 is 16.8 Å². The van der Waals surface area contributed by atoms with E-state index in [1.165, 1.54) is 25.5 Å². The highest BCUT2D eigenvalue weighted by atomic mass is 32.2. The molecule has 0 unspecified atom stereocenters. The summed E-state index contributed by atoms with van der Waals surface area (Å²) >= 11 is 0. The first kappa shape index (κ1) is 20.2. The minimum absolute atomic E-state index is 0.121. The van der Waals surface area contributed by atoms with Gasteiger partial charge in [0.05, 0.1) is 9.79 Å². The van der Waals surface area contributed by atoms with Crippen molar-refractivity contribution in [3.63, 3.8) is 0 Å². The summed E-state index contributed by atoms with van der Waals surface area (Å²) in [5, 5.41) is 6.09. The Morgan fingerprint density at radius 1 is 0.967 bits per heavy atom. The van der Waals surface area contributed by atoms with Gasteiger partial charge < -0.3 is 10.6 Å². The van der Waals surface area contributed by atoms with Crippen LogP contribution >= 0.6 is 0 Å². The van der Waals surface area contributed by atoms with Gasteiger partial charge in [0.2, 0.25) is 20.0 Å². The number of aromatic nitrogens is 2. The molecule has 2 aromatic carbocycles. The van der Waals surface area contributed by atoms with Crippen molar-refractivity contribution in [1.29, 1.82) is 0 Å². The zero-order valence-corrected chi connectivity index (χ0v) is 17.4. The molecular weight excluding hydrogens is 428 g/mol. The summed E-state index contributed by atoms with van der Waals surface area (Å²) in [6, 6.07) is 13.0. The van der Waals surface area contributed by atoms with Gasteiger partial charge in [0.1, 0.15) is 18.0 Å². The number of rotatable bonds is 6. The van der Waals surface area contributed by atoms with Crippen LogP contribution in [0.1, 0.15) is 5.56 Å². The number of hydrogen-bond acceptors (Lipinski definition) is 8. The van der Waals surface area contributed by atoms with Crippen LogP contribution in [0.25, 0.3) is 0 Å². The lowest BCUT2D eigenvalue weighted by Crippen LogP contribution is -2.18. The molecular formula is C18H18N6O4S2. The lowest BCUT2D eigenvalue weighted by molar-refractivity contribution is 0.587. The van der Waals surface area contributed by atoms with Gasteiger partial charge in [0, 0.05) is 24.0 Å². The van der Waals surface area contributed by atoms with Crippen LogP contribution in [-0.2, 0) is 26.6 Å². The minimum atomic E-state index is -3.57. The number of anilines is 4. The van der Waals surface area contributed by atoms with Crippen molar-refractivity contribution in [2.45, 2.75) is 16.3 Å². The summed E-state index contributed by atoms with van der Waals surface area (Å²) in [7, 11) is -5.70. The van der Waals surface area contributed by atoms with E-state index in [2.05, 4.69) is 30.0 Å². The van der Waals surface area contributed by atoms with Crippen LogP contribution in [-0.4, -0.2) is 33.9 Å². The Labute approximate surface area is 173 Å². The fraction of sp³-hybridized carbons (Fsp3) is 0.111.